The smallest absolute Gasteiger partial charge is 1.00 e. The van der Waals surface area contributed by atoms with Gasteiger partial charge in [0.2, 0.25) is 0 Å². The zero-order valence-corrected chi connectivity index (χ0v) is 26.5. The summed E-state index contributed by atoms with van der Waals surface area (Å²) in [5.41, 5.74) is 7.12. The van der Waals surface area contributed by atoms with E-state index < -0.39 is 0 Å². The first-order valence-electron chi connectivity index (χ1n) is 10.8. The van der Waals surface area contributed by atoms with Gasteiger partial charge in [0.1, 0.15) is 0 Å². The molecule has 0 amide bonds. The number of rotatable bonds is 2. The zero-order valence-electron chi connectivity index (χ0n) is 20.0. The van der Waals surface area contributed by atoms with Crippen molar-refractivity contribution in [3.8, 4) is 22.5 Å². The third-order valence-corrected chi connectivity index (χ3v) is 5.67. The number of pyridine rings is 2. The Labute approximate surface area is 263 Å². The average molecular weight is 666 g/mol. The largest absolute Gasteiger partial charge is 2.00 e. The number of aromatic nitrogens is 2. The topological polar surface area (TPSA) is 25.8 Å². The van der Waals surface area contributed by atoms with E-state index in [2.05, 4.69) is 96.6 Å². The fourth-order valence-corrected chi connectivity index (χ4v) is 4.26. The number of hydrogen-bond acceptors (Lipinski definition) is 2. The molecule has 0 aliphatic heterocycles. The Hall–Kier alpha value is -1.69. The molecule has 0 unspecified atom stereocenters. The van der Waals surface area contributed by atoms with E-state index in [1.165, 1.54) is 43.8 Å². The molecule has 176 valence electrons. The number of nitrogens with zero attached hydrogens (tertiary/aromatic N) is 2. The summed E-state index contributed by atoms with van der Waals surface area (Å²) in [6, 6.07) is 33.6. The quantitative estimate of drug-likeness (QED) is 0.264. The molecule has 2 nitrogen and oxygen atoms in total. The fraction of sp³-hybridized carbons (Fsp3) is 0.0667. The Bertz CT molecular complexity index is 1380. The predicted octanol–water partition coefficient (Wildman–Crippen LogP) is 1.86. The molecule has 0 bridgehead atoms. The van der Waals surface area contributed by atoms with Crippen molar-refractivity contribution in [2.24, 2.45) is 0 Å². The van der Waals surface area contributed by atoms with E-state index in [4.69, 9.17) is 0 Å². The maximum Gasteiger partial charge on any atom is 2.00 e. The average Bonchev–Trinajstić information content (AvgIpc) is 3.41. The summed E-state index contributed by atoms with van der Waals surface area (Å²) in [5.74, 6) is 0. The number of halogens is 2. The van der Waals surface area contributed by atoms with Crippen LogP contribution in [0.3, 0.4) is 0 Å². The molecular formula is C30H24Cl2N2Zr2. The van der Waals surface area contributed by atoms with Crippen molar-refractivity contribution >= 4 is 21.5 Å². The first-order valence-corrected chi connectivity index (χ1v) is 10.8. The predicted molar refractivity (Wildman–Crippen MR) is 135 cm³/mol. The minimum Gasteiger partial charge on any atom is -1.00 e. The standard InChI is InChI=1S/2C15H12N.2ClH.2Zr/c2*1-11-9-12-5-4-6-13(14(12)10-11)15-7-2-3-8-16-15;;;;/h2*2-10H,1H3;2*1H;;/q2*-1;;;2*+2/p-2. The Morgan fingerprint density at radius 3 is 1.31 bits per heavy atom. The molecular weight excluding hydrogens is 642 g/mol. The minimum absolute atomic E-state index is 0. The second-order valence-corrected chi connectivity index (χ2v) is 8.11. The fourth-order valence-electron chi connectivity index (χ4n) is 4.26. The Morgan fingerprint density at radius 2 is 0.944 bits per heavy atom. The van der Waals surface area contributed by atoms with Crippen molar-refractivity contribution in [2.75, 3.05) is 0 Å². The Kier molecular flexibility index (Phi) is 13.4. The maximum atomic E-state index is 4.41. The van der Waals surface area contributed by atoms with Crippen LogP contribution in [-0.2, 0) is 52.4 Å². The van der Waals surface area contributed by atoms with E-state index >= 15 is 0 Å². The van der Waals surface area contributed by atoms with Gasteiger partial charge in [-0.25, -0.2) is 0 Å². The second-order valence-electron chi connectivity index (χ2n) is 8.11. The molecule has 2 heterocycles. The summed E-state index contributed by atoms with van der Waals surface area (Å²) >= 11 is 0. The van der Waals surface area contributed by atoms with Gasteiger partial charge in [-0.15, -0.1) is 69.1 Å². The van der Waals surface area contributed by atoms with E-state index in [1.54, 1.807) is 0 Å². The monoisotopic (exact) mass is 662 g/mol. The normalized spacial score (nSPS) is 9.61. The number of hydrogen-bond donors (Lipinski definition) is 0. The molecule has 0 radical (unpaired) electrons. The third kappa shape index (κ3) is 7.20. The van der Waals surface area contributed by atoms with Crippen molar-refractivity contribution in [1.29, 1.82) is 0 Å². The van der Waals surface area contributed by atoms with Gasteiger partial charge in [0.15, 0.2) is 0 Å². The summed E-state index contributed by atoms with van der Waals surface area (Å²) in [5, 5.41) is 5.17. The van der Waals surface area contributed by atoms with Crippen LogP contribution in [0.25, 0.3) is 44.1 Å². The van der Waals surface area contributed by atoms with Crippen molar-refractivity contribution < 1.29 is 77.2 Å². The van der Waals surface area contributed by atoms with Gasteiger partial charge in [-0.3, -0.25) is 9.97 Å². The zero-order chi connectivity index (χ0) is 21.9. The SMILES string of the molecule is Cc1cc2c(-c3ccccn3)cccc2[cH-]1.Cc1cc2c(-c3ccccn3)cccc2[cH-]1.[Cl-].[Cl-].[Zr+2].[Zr+2]. The van der Waals surface area contributed by atoms with Gasteiger partial charge < -0.3 is 24.8 Å². The third-order valence-electron chi connectivity index (χ3n) is 5.67. The van der Waals surface area contributed by atoms with E-state index in [1.807, 2.05) is 36.7 Å². The van der Waals surface area contributed by atoms with Crippen molar-refractivity contribution in [3.05, 3.63) is 121 Å². The van der Waals surface area contributed by atoms with E-state index in [9.17, 15) is 0 Å². The first-order chi connectivity index (χ1) is 15.7. The van der Waals surface area contributed by atoms with Crippen LogP contribution in [-0.4, -0.2) is 9.97 Å². The Morgan fingerprint density at radius 1 is 0.528 bits per heavy atom. The van der Waals surface area contributed by atoms with Crippen LogP contribution in [0.5, 0.6) is 0 Å². The van der Waals surface area contributed by atoms with Crippen molar-refractivity contribution in [2.45, 2.75) is 13.8 Å². The summed E-state index contributed by atoms with van der Waals surface area (Å²) in [6.07, 6.45) is 3.67. The summed E-state index contributed by atoms with van der Waals surface area (Å²) in [6.45, 7) is 4.25. The van der Waals surface area contributed by atoms with E-state index in [-0.39, 0.29) is 77.2 Å². The molecule has 0 spiro atoms. The molecule has 36 heavy (non-hydrogen) atoms. The second kappa shape index (κ2) is 14.9. The van der Waals surface area contributed by atoms with Gasteiger partial charge in [0, 0.05) is 12.4 Å². The first kappa shape index (κ1) is 32.3. The molecule has 4 aromatic carbocycles. The van der Waals surface area contributed by atoms with Gasteiger partial charge in [0.05, 0.1) is 11.4 Å². The van der Waals surface area contributed by atoms with Gasteiger partial charge in [0.25, 0.3) is 0 Å². The van der Waals surface area contributed by atoms with Crippen LogP contribution in [0.15, 0.2) is 109 Å². The van der Waals surface area contributed by atoms with Gasteiger partial charge in [-0.05, 0) is 35.4 Å². The molecule has 0 saturated heterocycles. The Balaban J connectivity index is 0.000000324. The summed E-state index contributed by atoms with van der Waals surface area (Å²) in [7, 11) is 0. The van der Waals surface area contributed by atoms with Crippen LogP contribution < -0.4 is 24.8 Å². The van der Waals surface area contributed by atoms with E-state index in [0.29, 0.717) is 0 Å². The molecule has 0 atom stereocenters. The van der Waals surface area contributed by atoms with Crippen molar-refractivity contribution in [1.82, 2.24) is 9.97 Å². The van der Waals surface area contributed by atoms with Crippen LogP contribution in [0.4, 0.5) is 0 Å². The minimum atomic E-state index is 0. The van der Waals surface area contributed by atoms with Gasteiger partial charge in [-0.2, -0.15) is 12.1 Å². The molecule has 2 aromatic heterocycles. The molecule has 0 saturated carbocycles. The van der Waals surface area contributed by atoms with Crippen LogP contribution in [0.2, 0.25) is 0 Å². The summed E-state index contributed by atoms with van der Waals surface area (Å²) in [4.78, 5) is 8.82. The van der Waals surface area contributed by atoms with Crippen LogP contribution in [0, 0.1) is 13.8 Å². The van der Waals surface area contributed by atoms with Gasteiger partial charge >= 0.3 is 52.4 Å². The molecule has 6 rings (SSSR count). The van der Waals surface area contributed by atoms with Crippen LogP contribution >= 0.6 is 0 Å². The molecule has 0 aliphatic rings. The molecule has 0 aliphatic carbocycles. The van der Waals surface area contributed by atoms with E-state index in [0.717, 1.165) is 11.4 Å². The number of benzene rings is 2. The van der Waals surface area contributed by atoms with Crippen molar-refractivity contribution in [3.63, 3.8) is 0 Å². The molecule has 0 fully saturated rings. The number of aryl methyl sites for hydroxylation is 2. The molecule has 0 N–H and O–H groups in total. The maximum absolute atomic E-state index is 4.41. The number of fused-ring (bicyclic) bond motifs is 2. The molecule has 6 aromatic rings. The van der Waals surface area contributed by atoms with Crippen LogP contribution in [0.1, 0.15) is 11.1 Å². The molecule has 6 heteroatoms. The summed E-state index contributed by atoms with van der Waals surface area (Å²) < 4.78 is 0. The van der Waals surface area contributed by atoms with Gasteiger partial charge in [-0.1, -0.05) is 38.1 Å².